The Hall–Kier alpha value is -0.890. The second-order valence-corrected chi connectivity index (χ2v) is 7.54. The Morgan fingerprint density at radius 3 is 1.50 bits per heavy atom. The van der Waals surface area contributed by atoms with Gasteiger partial charge in [0, 0.05) is 5.02 Å². The second-order valence-electron chi connectivity index (χ2n) is 5.54. The van der Waals surface area contributed by atoms with Crippen LogP contribution in [0, 0.1) is 20.8 Å². The normalized spacial score (nSPS) is 9.54. The molecule has 26 heavy (non-hydrogen) atoms. The van der Waals surface area contributed by atoms with E-state index in [-0.39, 0.29) is 0 Å². The van der Waals surface area contributed by atoms with Crippen molar-refractivity contribution in [1.29, 1.82) is 0 Å². The summed E-state index contributed by atoms with van der Waals surface area (Å²) in [5, 5.41) is 3.35. The fourth-order valence-electron chi connectivity index (χ4n) is 1.76. The van der Waals surface area contributed by atoms with Gasteiger partial charge in [-0.2, -0.15) is 0 Å². The molecular weight excluding hydrogens is 429 g/mol. The lowest BCUT2D eigenvalue weighted by atomic mass is 10.2. The molecule has 0 heterocycles. The summed E-state index contributed by atoms with van der Waals surface area (Å²) in [6, 6.07) is 18.9. The Bertz CT molecular complexity index is 802. The molecule has 0 aliphatic heterocycles. The van der Waals surface area contributed by atoms with Crippen LogP contribution < -0.4 is 0 Å². The van der Waals surface area contributed by atoms with Crippen molar-refractivity contribution in [1.82, 2.24) is 0 Å². The standard InChI is InChI=1S/2C7H6Cl2.C7H7Cl/c1-5-2-3-6(8)7(9)4-5;1-5-3-2-4-6(8)7(5)9;1-6-4-2-3-5-7(6)8/h2*2-4H,1H3;2-5H,1H3. The van der Waals surface area contributed by atoms with Gasteiger partial charge in [0.25, 0.3) is 0 Å². The molecule has 0 unspecified atom stereocenters. The molecule has 138 valence electrons. The lowest BCUT2D eigenvalue weighted by molar-refractivity contribution is 1.47. The Morgan fingerprint density at radius 1 is 0.500 bits per heavy atom. The maximum atomic E-state index is 5.75. The largest absolute Gasteiger partial charge is 0.0841 e. The van der Waals surface area contributed by atoms with Crippen LogP contribution in [0.3, 0.4) is 0 Å². The molecule has 0 amide bonds. The molecule has 5 heteroatoms. The summed E-state index contributed by atoms with van der Waals surface area (Å²) in [4.78, 5) is 0. The Kier molecular flexibility index (Phi) is 10.5. The van der Waals surface area contributed by atoms with E-state index in [1.54, 1.807) is 12.1 Å². The number of hydrogen-bond acceptors (Lipinski definition) is 0. The summed E-state index contributed by atoms with van der Waals surface area (Å²) >= 11 is 28.5. The average molecular weight is 449 g/mol. The molecule has 0 saturated heterocycles. The van der Waals surface area contributed by atoms with E-state index in [1.807, 2.05) is 69.3 Å². The zero-order valence-electron chi connectivity index (χ0n) is 14.7. The number of halogens is 5. The molecule has 0 saturated carbocycles. The molecule has 0 aliphatic carbocycles. The third-order valence-corrected chi connectivity index (χ3v) is 5.37. The molecule has 0 spiro atoms. The van der Waals surface area contributed by atoms with Gasteiger partial charge in [0.05, 0.1) is 20.1 Å². The molecule has 0 N–H and O–H groups in total. The van der Waals surface area contributed by atoms with E-state index in [2.05, 4.69) is 0 Å². The predicted molar refractivity (Wildman–Crippen MR) is 119 cm³/mol. The predicted octanol–water partition coefficient (Wildman–Crippen LogP) is 9.25. The van der Waals surface area contributed by atoms with Crippen LogP contribution in [0.25, 0.3) is 0 Å². The van der Waals surface area contributed by atoms with Gasteiger partial charge in [0.1, 0.15) is 0 Å². The highest BCUT2D eigenvalue weighted by Crippen LogP contribution is 2.24. The number of aryl methyl sites for hydroxylation is 3. The highest BCUT2D eigenvalue weighted by atomic mass is 35.5. The SMILES string of the molecule is Cc1ccc(Cl)c(Cl)c1.Cc1cccc(Cl)c1Cl.Cc1ccccc1Cl. The quantitative estimate of drug-likeness (QED) is 0.321. The highest BCUT2D eigenvalue weighted by Gasteiger charge is 1.96. The van der Waals surface area contributed by atoms with Crippen LogP contribution in [0.4, 0.5) is 0 Å². The van der Waals surface area contributed by atoms with E-state index in [9.17, 15) is 0 Å². The summed E-state index contributed by atoms with van der Waals surface area (Å²) in [5.74, 6) is 0. The Balaban J connectivity index is 0.000000195. The van der Waals surface area contributed by atoms with Crippen molar-refractivity contribution in [2.45, 2.75) is 20.8 Å². The van der Waals surface area contributed by atoms with Gasteiger partial charge in [0.2, 0.25) is 0 Å². The number of rotatable bonds is 0. The van der Waals surface area contributed by atoms with Crippen molar-refractivity contribution >= 4 is 58.0 Å². The number of benzene rings is 3. The molecule has 3 rings (SSSR count). The molecule has 0 aliphatic rings. The second kappa shape index (κ2) is 11.7. The minimum Gasteiger partial charge on any atom is -0.0841 e. The van der Waals surface area contributed by atoms with Crippen LogP contribution in [0.5, 0.6) is 0 Å². The summed E-state index contributed by atoms with van der Waals surface area (Å²) < 4.78 is 0. The summed E-state index contributed by atoms with van der Waals surface area (Å²) in [7, 11) is 0. The minimum absolute atomic E-state index is 0.613. The monoisotopic (exact) mass is 446 g/mol. The molecule has 0 aromatic heterocycles. The van der Waals surface area contributed by atoms with Crippen LogP contribution >= 0.6 is 58.0 Å². The summed E-state index contributed by atoms with van der Waals surface area (Å²) in [6.07, 6.45) is 0. The zero-order chi connectivity index (χ0) is 19.7. The first-order valence-corrected chi connectivity index (χ1v) is 9.64. The first-order valence-electron chi connectivity index (χ1n) is 7.75. The van der Waals surface area contributed by atoms with E-state index in [1.165, 1.54) is 0 Å². The van der Waals surface area contributed by atoms with Crippen LogP contribution in [0.2, 0.25) is 25.1 Å². The molecule has 3 aromatic rings. The van der Waals surface area contributed by atoms with Crippen molar-refractivity contribution < 1.29 is 0 Å². The smallest absolute Gasteiger partial charge is 0.0621 e. The van der Waals surface area contributed by atoms with Crippen LogP contribution in [0.1, 0.15) is 16.7 Å². The molecule has 0 radical (unpaired) electrons. The lowest BCUT2D eigenvalue weighted by Gasteiger charge is -1.96. The fourth-order valence-corrected chi connectivity index (χ4v) is 2.60. The third kappa shape index (κ3) is 8.20. The van der Waals surface area contributed by atoms with Gasteiger partial charge in [0.15, 0.2) is 0 Å². The van der Waals surface area contributed by atoms with Gasteiger partial charge in [-0.3, -0.25) is 0 Å². The van der Waals surface area contributed by atoms with Gasteiger partial charge >= 0.3 is 0 Å². The molecular formula is C21H19Cl5. The van der Waals surface area contributed by atoms with Crippen molar-refractivity contribution in [2.75, 3.05) is 0 Å². The molecule has 0 atom stereocenters. The number of hydrogen-bond donors (Lipinski definition) is 0. The fraction of sp³-hybridized carbons (Fsp3) is 0.143. The van der Waals surface area contributed by atoms with Crippen molar-refractivity contribution in [3.63, 3.8) is 0 Å². The van der Waals surface area contributed by atoms with Gasteiger partial charge in [-0.05, 0) is 61.7 Å². The summed E-state index contributed by atoms with van der Waals surface area (Å²) in [6.45, 7) is 5.89. The third-order valence-electron chi connectivity index (χ3n) is 3.30. The Morgan fingerprint density at radius 2 is 1.08 bits per heavy atom. The van der Waals surface area contributed by atoms with Crippen LogP contribution in [-0.2, 0) is 0 Å². The maximum Gasteiger partial charge on any atom is 0.0621 e. The molecule has 3 aromatic carbocycles. The van der Waals surface area contributed by atoms with Gasteiger partial charge in [-0.25, -0.2) is 0 Å². The van der Waals surface area contributed by atoms with E-state index < -0.39 is 0 Å². The average Bonchev–Trinajstić information content (AvgIpc) is 2.60. The molecule has 0 bridgehead atoms. The minimum atomic E-state index is 0.613. The van der Waals surface area contributed by atoms with Crippen LogP contribution in [-0.4, -0.2) is 0 Å². The molecule has 0 nitrogen and oxygen atoms in total. The van der Waals surface area contributed by atoms with E-state index in [0.29, 0.717) is 20.1 Å². The topological polar surface area (TPSA) is 0 Å². The molecule has 0 fully saturated rings. The van der Waals surface area contributed by atoms with Crippen molar-refractivity contribution in [3.05, 3.63) is 102 Å². The van der Waals surface area contributed by atoms with E-state index in [4.69, 9.17) is 58.0 Å². The maximum absolute atomic E-state index is 5.75. The van der Waals surface area contributed by atoms with Crippen molar-refractivity contribution in [2.24, 2.45) is 0 Å². The van der Waals surface area contributed by atoms with Gasteiger partial charge < -0.3 is 0 Å². The van der Waals surface area contributed by atoms with Gasteiger partial charge in [-0.15, -0.1) is 0 Å². The zero-order valence-corrected chi connectivity index (χ0v) is 18.4. The first kappa shape index (κ1) is 23.1. The van der Waals surface area contributed by atoms with Gasteiger partial charge in [-0.1, -0.05) is 94.4 Å². The highest BCUT2D eigenvalue weighted by molar-refractivity contribution is 6.42. The Labute approximate surface area is 180 Å². The van der Waals surface area contributed by atoms with Crippen LogP contribution in [0.15, 0.2) is 60.7 Å². The summed E-state index contributed by atoms with van der Waals surface area (Å²) in [5.41, 5.74) is 3.28. The first-order chi connectivity index (χ1) is 12.2. The lowest BCUT2D eigenvalue weighted by Crippen LogP contribution is -1.73. The van der Waals surface area contributed by atoms with E-state index >= 15 is 0 Å². The van der Waals surface area contributed by atoms with E-state index in [0.717, 1.165) is 21.7 Å². The van der Waals surface area contributed by atoms with Crippen molar-refractivity contribution in [3.8, 4) is 0 Å².